The normalized spacial score (nSPS) is 12.4. The van der Waals surface area contributed by atoms with Crippen molar-refractivity contribution in [1.82, 2.24) is 0 Å². The molecule has 18 heavy (non-hydrogen) atoms. The van der Waals surface area contributed by atoms with E-state index in [9.17, 15) is 4.39 Å². The third-order valence-electron chi connectivity index (χ3n) is 2.82. The van der Waals surface area contributed by atoms with Gasteiger partial charge in [-0.05, 0) is 27.4 Å². The van der Waals surface area contributed by atoms with Gasteiger partial charge in [0, 0.05) is 5.56 Å². The Morgan fingerprint density at radius 3 is 2.56 bits per heavy atom. The van der Waals surface area contributed by atoms with Gasteiger partial charge in [-0.25, -0.2) is 4.39 Å². The van der Waals surface area contributed by atoms with Crippen molar-refractivity contribution in [1.29, 1.82) is 0 Å². The summed E-state index contributed by atoms with van der Waals surface area (Å²) in [6.07, 6.45) is 0. The quantitative estimate of drug-likeness (QED) is 0.765. The summed E-state index contributed by atoms with van der Waals surface area (Å²) in [6.45, 7) is 6.19. The molecule has 0 aliphatic rings. The molecule has 0 unspecified atom stereocenters. The predicted octanol–water partition coefficient (Wildman–Crippen LogP) is 4.74. The lowest BCUT2D eigenvalue weighted by atomic mass is 9.84. The van der Waals surface area contributed by atoms with Crippen molar-refractivity contribution in [2.45, 2.75) is 32.7 Å². The number of nitrogens with two attached hydrogens (primary N) is 1. The average Bonchev–Trinajstić information content (AvgIpc) is 2.65. The summed E-state index contributed by atoms with van der Waals surface area (Å²) in [6, 6.07) is 1.50. The molecule has 0 aliphatic heterocycles. The first kappa shape index (κ1) is 13.8. The van der Waals surface area contributed by atoms with Crippen LogP contribution < -0.4 is 5.73 Å². The van der Waals surface area contributed by atoms with E-state index < -0.39 is 0 Å². The Kier molecular flexibility index (Phi) is 3.47. The van der Waals surface area contributed by atoms with Gasteiger partial charge in [0.15, 0.2) is 5.58 Å². The fourth-order valence-electron chi connectivity index (χ4n) is 2.15. The maximum atomic E-state index is 14.3. The zero-order chi connectivity index (χ0) is 13.7. The summed E-state index contributed by atoms with van der Waals surface area (Å²) in [5.74, 6) is 0.221. The number of fused-ring (bicyclic) bond motifs is 1. The van der Waals surface area contributed by atoms with E-state index in [1.54, 1.807) is 0 Å². The van der Waals surface area contributed by atoms with E-state index in [1.165, 1.54) is 6.07 Å². The van der Waals surface area contributed by atoms with E-state index in [0.717, 1.165) is 5.56 Å². The van der Waals surface area contributed by atoms with E-state index in [2.05, 4.69) is 15.9 Å². The molecular weight excluding hydrogens is 321 g/mol. The third-order valence-corrected chi connectivity index (χ3v) is 3.67. The summed E-state index contributed by atoms with van der Waals surface area (Å²) in [5.41, 5.74) is 6.55. The Balaban J connectivity index is 2.99. The summed E-state index contributed by atoms with van der Waals surface area (Å²) >= 11 is 9.26. The van der Waals surface area contributed by atoms with Crippen LogP contribution in [0.15, 0.2) is 15.0 Å². The van der Waals surface area contributed by atoms with Crippen LogP contribution in [0.3, 0.4) is 0 Å². The molecule has 0 saturated carbocycles. The average molecular weight is 335 g/mol. The Labute approximate surface area is 118 Å². The molecule has 1 heterocycles. The molecule has 0 aliphatic carbocycles. The van der Waals surface area contributed by atoms with Crippen molar-refractivity contribution < 1.29 is 8.81 Å². The molecule has 1 aromatic heterocycles. The van der Waals surface area contributed by atoms with E-state index in [4.69, 9.17) is 21.8 Å². The van der Waals surface area contributed by atoms with Crippen LogP contribution in [0.25, 0.3) is 11.0 Å². The standard InChI is InChI=1S/C13H14BrClFNO/c1-13(2,3)10-8(5-17)18-12-7(15)4-6(14)11(16)9(10)12/h4H,5,17H2,1-3H3. The first-order valence-electron chi connectivity index (χ1n) is 5.56. The van der Waals surface area contributed by atoms with Crippen molar-refractivity contribution in [3.8, 4) is 0 Å². The van der Waals surface area contributed by atoms with Gasteiger partial charge in [-0.3, -0.25) is 0 Å². The molecule has 5 heteroatoms. The molecular formula is C13H14BrClFNO. The van der Waals surface area contributed by atoms with Crippen molar-refractivity contribution in [2.24, 2.45) is 5.73 Å². The molecule has 2 N–H and O–H groups in total. The smallest absolute Gasteiger partial charge is 0.156 e. The molecule has 2 nitrogen and oxygen atoms in total. The van der Waals surface area contributed by atoms with Crippen LogP contribution in [0, 0.1) is 5.82 Å². The van der Waals surface area contributed by atoms with Gasteiger partial charge in [0.1, 0.15) is 11.6 Å². The second kappa shape index (κ2) is 4.51. The lowest BCUT2D eigenvalue weighted by Crippen LogP contribution is -2.15. The van der Waals surface area contributed by atoms with E-state index in [1.807, 2.05) is 20.8 Å². The highest BCUT2D eigenvalue weighted by molar-refractivity contribution is 9.10. The Morgan fingerprint density at radius 2 is 2.06 bits per heavy atom. The van der Waals surface area contributed by atoms with Crippen molar-refractivity contribution in [3.05, 3.63) is 32.7 Å². The van der Waals surface area contributed by atoms with Crippen LogP contribution in [0.2, 0.25) is 5.02 Å². The van der Waals surface area contributed by atoms with Crippen LogP contribution in [0.5, 0.6) is 0 Å². The van der Waals surface area contributed by atoms with E-state index in [0.29, 0.717) is 26.2 Å². The number of halogens is 3. The third kappa shape index (κ3) is 2.06. The molecule has 0 bridgehead atoms. The van der Waals surface area contributed by atoms with Gasteiger partial charge in [-0.15, -0.1) is 0 Å². The fraction of sp³-hybridized carbons (Fsp3) is 0.385. The minimum absolute atomic E-state index is 0.217. The maximum Gasteiger partial charge on any atom is 0.156 e. The van der Waals surface area contributed by atoms with Gasteiger partial charge in [0.05, 0.1) is 21.4 Å². The number of hydrogen-bond acceptors (Lipinski definition) is 2. The van der Waals surface area contributed by atoms with Crippen LogP contribution in [0.4, 0.5) is 4.39 Å². The molecule has 0 fully saturated rings. The van der Waals surface area contributed by atoms with Gasteiger partial charge >= 0.3 is 0 Å². The topological polar surface area (TPSA) is 39.2 Å². The number of hydrogen-bond donors (Lipinski definition) is 1. The molecule has 0 saturated heterocycles. The summed E-state index contributed by atoms with van der Waals surface area (Å²) in [4.78, 5) is 0. The fourth-order valence-corrected chi connectivity index (χ4v) is 2.95. The molecule has 0 atom stereocenters. The number of furan rings is 1. The lowest BCUT2D eigenvalue weighted by Gasteiger charge is -2.19. The summed E-state index contributed by atoms with van der Waals surface area (Å²) in [7, 11) is 0. The Morgan fingerprint density at radius 1 is 1.44 bits per heavy atom. The highest BCUT2D eigenvalue weighted by Crippen LogP contribution is 2.41. The largest absolute Gasteiger partial charge is 0.458 e. The maximum absolute atomic E-state index is 14.3. The molecule has 0 radical (unpaired) electrons. The summed E-state index contributed by atoms with van der Waals surface area (Å²) < 4.78 is 20.3. The van der Waals surface area contributed by atoms with Crippen LogP contribution in [-0.2, 0) is 12.0 Å². The monoisotopic (exact) mass is 333 g/mol. The highest BCUT2D eigenvalue weighted by Gasteiger charge is 2.28. The van der Waals surface area contributed by atoms with E-state index >= 15 is 0 Å². The van der Waals surface area contributed by atoms with Gasteiger partial charge in [-0.2, -0.15) is 0 Å². The molecule has 0 spiro atoms. The first-order chi connectivity index (χ1) is 8.27. The van der Waals surface area contributed by atoms with Crippen LogP contribution >= 0.6 is 27.5 Å². The van der Waals surface area contributed by atoms with Crippen LogP contribution in [-0.4, -0.2) is 0 Å². The van der Waals surface area contributed by atoms with Gasteiger partial charge in [0.25, 0.3) is 0 Å². The Hall–Kier alpha value is -0.580. The second-order valence-electron chi connectivity index (χ2n) is 5.21. The lowest BCUT2D eigenvalue weighted by molar-refractivity contribution is 0.511. The predicted molar refractivity (Wildman–Crippen MR) is 75.5 cm³/mol. The number of rotatable bonds is 1. The van der Waals surface area contributed by atoms with Crippen molar-refractivity contribution in [3.63, 3.8) is 0 Å². The number of benzene rings is 1. The Bertz CT molecular complexity index is 616. The molecule has 2 rings (SSSR count). The SMILES string of the molecule is CC(C)(C)c1c(CN)oc2c(Cl)cc(Br)c(F)c12. The molecule has 2 aromatic rings. The van der Waals surface area contributed by atoms with Crippen molar-refractivity contribution >= 4 is 38.5 Å². The molecule has 1 aromatic carbocycles. The molecule has 98 valence electrons. The van der Waals surface area contributed by atoms with E-state index in [-0.39, 0.29) is 17.8 Å². The molecule has 0 amide bonds. The zero-order valence-electron chi connectivity index (χ0n) is 10.4. The minimum atomic E-state index is -0.359. The minimum Gasteiger partial charge on any atom is -0.458 e. The first-order valence-corrected chi connectivity index (χ1v) is 6.74. The van der Waals surface area contributed by atoms with Gasteiger partial charge in [0.2, 0.25) is 0 Å². The van der Waals surface area contributed by atoms with Gasteiger partial charge in [-0.1, -0.05) is 32.4 Å². The van der Waals surface area contributed by atoms with Gasteiger partial charge < -0.3 is 10.2 Å². The second-order valence-corrected chi connectivity index (χ2v) is 6.47. The van der Waals surface area contributed by atoms with Crippen molar-refractivity contribution in [2.75, 3.05) is 0 Å². The van der Waals surface area contributed by atoms with Crippen LogP contribution in [0.1, 0.15) is 32.1 Å². The summed E-state index contributed by atoms with van der Waals surface area (Å²) in [5, 5.41) is 0.797. The zero-order valence-corrected chi connectivity index (χ0v) is 12.7. The highest BCUT2D eigenvalue weighted by atomic mass is 79.9.